The van der Waals surface area contributed by atoms with Crippen LogP contribution < -0.4 is 4.90 Å². The smallest absolute Gasteiger partial charge is 0.214 e. The number of aryl methyl sites for hydroxylation is 1. The van der Waals surface area contributed by atoms with Gasteiger partial charge in [0, 0.05) is 5.56 Å². The summed E-state index contributed by atoms with van der Waals surface area (Å²) in [6.45, 7) is 7.95. The summed E-state index contributed by atoms with van der Waals surface area (Å²) < 4.78 is 7.49. The average molecular weight is 328 g/mol. The lowest BCUT2D eigenvalue weighted by Gasteiger charge is -2.38. The van der Waals surface area contributed by atoms with E-state index in [-0.39, 0.29) is 0 Å². The van der Waals surface area contributed by atoms with Crippen LogP contribution in [0.3, 0.4) is 0 Å². The van der Waals surface area contributed by atoms with E-state index in [2.05, 4.69) is 49.9 Å². The first-order chi connectivity index (χ1) is 11.1. The van der Waals surface area contributed by atoms with Crippen molar-refractivity contribution in [3.05, 3.63) is 36.0 Å². The summed E-state index contributed by atoms with van der Waals surface area (Å²) in [6, 6.07) is 9.11. The molecule has 3 aromatic rings. The second-order valence-electron chi connectivity index (χ2n) is 6.25. The fourth-order valence-electron chi connectivity index (χ4n) is 3.04. The van der Waals surface area contributed by atoms with E-state index in [0.717, 1.165) is 34.6 Å². The van der Waals surface area contributed by atoms with E-state index >= 15 is 0 Å². The third-order valence-electron chi connectivity index (χ3n) is 4.27. The van der Waals surface area contributed by atoms with E-state index in [1.165, 1.54) is 5.56 Å². The molecule has 1 saturated heterocycles. The standard InChI is InChI=1S/C17H20N4OS/c1-11-4-6-14(7-5-11)15-8-20-16(18-15)23-17(19-20)21-12(2)9-22-10-13(21)3/h4-8,12-13H,9-10H2,1-3H3/t12-,13-/m0/s1. The minimum absolute atomic E-state index is 0.339. The van der Waals surface area contributed by atoms with E-state index in [1.807, 2.05) is 10.7 Å². The van der Waals surface area contributed by atoms with Crippen molar-refractivity contribution in [1.29, 1.82) is 0 Å². The molecule has 0 unspecified atom stereocenters. The molecule has 2 aromatic heterocycles. The molecule has 1 aliphatic rings. The van der Waals surface area contributed by atoms with E-state index in [1.54, 1.807) is 11.3 Å². The number of hydrogen-bond donors (Lipinski definition) is 0. The van der Waals surface area contributed by atoms with E-state index in [4.69, 9.17) is 14.8 Å². The van der Waals surface area contributed by atoms with Crippen LogP contribution in [0.15, 0.2) is 30.5 Å². The highest BCUT2D eigenvalue weighted by molar-refractivity contribution is 7.20. The zero-order valence-electron chi connectivity index (χ0n) is 13.6. The second kappa shape index (κ2) is 5.62. The summed E-state index contributed by atoms with van der Waals surface area (Å²) >= 11 is 1.64. The molecule has 0 bridgehead atoms. The molecule has 4 rings (SSSR count). The Hall–Kier alpha value is -1.92. The maximum Gasteiger partial charge on any atom is 0.214 e. The van der Waals surface area contributed by atoms with Gasteiger partial charge in [0.2, 0.25) is 10.1 Å². The lowest BCUT2D eigenvalue weighted by molar-refractivity contribution is 0.0755. The van der Waals surface area contributed by atoms with Crippen molar-refractivity contribution in [2.75, 3.05) is 18.1 Å². The van der Waals surface area contributed by atoms with Crippen molar-refractivity contribution in [2.45, 2.75) is 32.9 Å². The van der Waals surface area contributed by atoms with Crippen molar-refractivity contribution in [1.82, 2.24) is 14.6 Å². The number of morpholine rings is 1. The number of hydrogen-bond acceptors (Lipinski definition) is 5. The van der Waals surface area contributed by atoms with Gasteiger partial charge in [-0.3, -0.25) is 0 Å². The predicted octanol–water partition coefficient (Wildman–Crippen LogP) is 3.38. The minimum atomic E-state index is 0.339. The van der Waals surface area contributed by atoms with Crippen molar-refractivity contribution >= 4 is 21.4 Å². The zero-order chi connectivity index (χ0) is 16.0. The fraction of sp³-hybridized carbons (Fsp3) is 0.412. The zero-order valence-corrected chi connectivity index (χ0v) is 14.4. The van der Waals surface area contributed by atoms with E-state index in [9.17, 15) is 0 Å². The van der Waals surface area contributed by atoms with Gasteiger partial charge >= 0.3 is 0 Å². The quantitative estimate of drug-likeness (QED) is 0.723. The molecular formula is C17H20N4OS. The topological polar surface area (TPSA) is 42.7 Å². The van der Waals surface area contributed by atoms with Gasteiger partial charge in [0.05, 0.1) is 37.2 Å². The Labute approximate surface area is 139 Å². The molecule has 0 aliphatic carbocycles. The third-order valence-corrected chi connectivity index (χ3v) is 5.20. The van der Waals surface area contributed by atoms with Crippen LogP contribution >= 0.6 is 11.3 Å². The molecule has 0 amide bonds. The number of fused-ring (bicyclic) bond motifs is 1. The average Bonchev–Trinajstić information content (AvgIpc) is 3.06. The largest absolute Gasteiger partial charge is 0.377 e. The molecule has 3 heterocycles. The molecule has 23 heavy (non-hydrogen) atoms. The molecule has 0 radical (unpaired) electrons. The molecule has 1 aliphatic heterocycles. The van der Waals surface area contributed by atoms with Crippen LogP contribution in [0.2, 0.25) is 0 Å². The summed E-state index contributed by atoms with van der Waals surface area (Å²) in [7, 11) is 0. The third kappa shape index (κ3) is 2.62. The molecule has 1 aromatic carbocycles. The van der Waals surface area contributed by atoms with Crippen LogP contribution in [-0.4, -0.2) is 39.9 Å². The fourth-order valence-corrected chi connectivity index (χ4v) is 4.13. The monoisotopic (exact) mass is 328 g/mol. The lowest BCUT2D eigenvalue weighted by atomic mass is 10.1. The summed E-state index contributed by atoms with van der Waals surface area (Å²) in [4.78, 5) is 8.01. The Balaban J connectivity index is 1.67. The van der Waals surface area contributed by atoms with Crippen molar-refractivity contribution < 1.29 is 4.74 Å². The van der Waals surface area contributed by atoms with Gasteiger partial charge in [-0.05, 0) is 20.8 Å². The van der Waals surface area contributed by atoms with Gasteiger partial charge in [0.1, 0.15) is 0 Å². The first-order valence-electron chi connectivity index (χ1n) is 7.91. The molecule has 6 heteroatoms. The van der Waals surface area contributed by atoms with Crippen molar-refractivity contribution in [2.24, 2.45) is 0 Å². The highest BCUT2D eigenvalue weighted by atomic mass is 32.1. The summed E-state index contributed by atoms with van der Waals surface area (Å²) in [6.07, 6.45) is 2.01. The van der Waals surface area contributed by atoms with Crippen LogP contribution in [0.5, 0.6) is 0 Å². The van der Waals surface area contributed by atoms with E-state index < -0.39 is 0 Å². The highest BCUT2D eigenvalue weighted by Gasteiger charge is 2.28. The number of benzene rings is 1. The maximum atomic E-state index is 5.60. The first-order valence-corrected chi connectivity index (χ1v) is 8.73. The molecule has 5 nitrogen and oxygen atoms in total. The maximum absolute atomic E-state index is 5.60. The molecule has 1 fully saturated rings. The lowest BCUT2D eigenvalue weighted by Crippen LogP contribution is -2.49. The minimum Gasteiger partial charge on any atom is -0.377 e. The van der Waals surface area contributed by atoms with Crippen LogP contribution in [0.1, 0.15) is 19.4 Å². The molecule has 0 spiro atoms. The van der Waals surface area contributed by atoms with Gasteiger partial charge in [-0.25, -0.2) is 9.50 Å². The Morgan fingerprint density at radius 3 is 2.48 bits per heavy atom. The Bertz CT molecular complexity index is 781. The van der Waals surface area contributed by atoms with Crippen LogP contribution in [0.25, 0.3) is 16.2 Å². The summed E-state index contributed by atoms with van der Waals surface area (Å²) in [5.41, 5.74) is 3.35. The number of rotatable bonds is 2. The number of nitrogens with zero attached hydrogens (tertiary/aromatic N) is 4. The summed E-state index contributed by atoms with van der Waals surface area (Å²) in [5, 5.41) is 5.76. The van der Waals surface area contributed by atoms with Gasteiger partial charge in [0.25, 0.3) is 0 Å². The molecule has 0 N–H and O–H groups in total. The number of aromatic nitrogens is 3. The normalized spacial score (nSPS) is 22.0. The predicted molar refractivity (Wildman–Crippen MR) is 93.3 cm³/mol. The molecule has 120 valence electrons. The van der Waals surface area contributed by atoms with Gasteiger partial charge in [-0.15, -0.1) is 5.10 Å². The number of anilines is 1. The van der Waals surface area contributed by atoms with Gasteiger partial charge in [-0.1, -0.05) is 41.2 Å². The van der Waals surface area contributed by atoms with E-state index in [0.29, 0.717) is 12.1 Å². The molecule has 2 atom stereocenters. The number of ether oxygens (including phenoxy) is 1. The van der Waals surface area contributed by atoms with Crippen molar-refractivity contribution in [3.8, 4) is 11.3 Å². The Morgan fingerprint density at radius 2 is 1.83 bits per heavy atom. The first kappa shape index (κ1) is 14.7. The van der Waals surface area contributed by atoms with Crippen molar-refractivity contribution in [3.63, 3.8) is 0 Å². The Morgan fingerprint density at radius 1 is 1.13 bits per heavy atom. The van der Waals surface area contributed by atoms with Gasteiger partial charge < -0.3 is 9.64 Å². The van der Waals surface area contributed by atoms with Gasteiger partial charge in [-0.2, -0.15) is 0 Å². The molecule has 0 saturated carbocycles. The number of imidazole rings is 1. The second-order valence-corrected chi connectivity index (χ2v) is 7.18. The van der Waals surface area contributed by atoms with Gasteiger partial charge in [0.15, 0.2) is 0 Å². The SMILES string of the molecule is Cc1ccc(-c2cn3nc(N4[C@@H](C)COC[C@@H]4C)sc3n2)cc1. The summed E-state index contributed by atoms with van der Waals surface area (Å²) in [5.74, 6) is 0. The van der Waals surface area contributed by atoms with Crippen LogP contribution in [0.4, 0.5) is 5.13 Å². The van der Waals surface area contributed by atoms with Crippen LogP contribution in [0, 0.1) is 6.92 Å². The van der Waals surface area contributed by atoms with Crippen LogP contribution in [-0.2, 0) is 4.74 Å². The highest BCUT2D eigenvalue weighted by Crippen LogP contribution is 2.30. The Kier molecular flexibility index (Phi) is 3.58. The molecular weight excluding hydrogens is 308 g/mol.